The second-order valence-corrected chi connectivity index (χ2v) is 11.0. The molecular formula is C34H27F4N5O6. The largest absolute Gasteiger partial charge is 0.496 e. The molecule has 2 aromatic heterocycles. The van der Waals surface area contributed by atoms with Crippen molar-refractivity contribution in [3.63, 3.8) is 0 Å². The number of piperazine rings is 1. The fourth-order valence-corrected chi connectivity index (χ4v) is 5.63. The Kier molecular flexibility index (Phi) is 8.82. The van der Waals surface area contributed by atoms with E-state index < -0.39 is 58.7 Å². The summed E-state index contributed by atoms with van der Waals surface area (Å²) in [6.07, 6.45) is 1.38. The summed E-state index contributed by atoms with van der Waals surface area (Å²) in [6, 6.07) is 14.9. The molecule has 3 aromatic carbocycles. The number of nitrogens with zero attached hydrogens (tertiary/aromatic N) is 2. The third-order valence-corrected chi connectivity index (χ3v) is 8.21. The van der Waals surface area contributed by atoms with Gasteiger partial charge in [-0.3, -0.25) is 19.2 Å². The maximum atomic E-state index is 14.2. The molecule has 49 heavy (non-hydrogen) atoms. The number of benzene rings is 3. The van der Waals surface area contributed by atoms with Crippen LogP contribution in [0.4, 0.5) is 23.2 Å². The molecule has 0 aliphatic carbocycles. The molecule has 3 heterocycles. The average Bonchev–Trinajstić information content (AvgIpc) is 3.80. The molecule has 0 atom stereocenters. The van der Waals surface area contributed by atoms with Crippen LogP contribution in [0, 0.1) is 23.3 Å². The number of carbonyl (C=O) groups excluding carboxylic acids is 4. The number of Topliss-reactive ketones (excluding diaryl/α,β-unsaturated/α-hetero) is 1. The highest BCUT2D eigenvalue weighted by molar-refractivity contribution is 6.45. The summed E-state index contributed by atoms with van der Waals surface area (Å²) < 4.78 is 67.4. The van der Waals surface area contributed by atoms with Gasteiger partial charge >= 0.3 is 0 Å². The molecule has 3 amide bonds. The summed E-state index contributed by atoms with van der Waals surface area (Å²) >= 11 is 0. The first-order chi connectivity index (χ1) is 23.5. The second-order valence-electron chi connectivity index (χ2n) is 11.0. The van der Waals surface area contributed by atoms with Crippen molar-refractivity contribution < 1.29 is 45.9 Å². The smallest absolute Gasteiger partial charge is 0.295 e. The van der Waals surface area contributed by atoms with Gasteiger partial charge < -0.3 is 35.0 Å². The van der Waals surface area contributed by atoms with E-state index in [0.717, 1.165) is 0 Å². The molecule has 0 radical (unpaired) electrons. The number of H-pyrrole nitrogens is 1. The Labute approximate surface area is 275 Å². The van der Waals surface area contributed by atoms with Crippen LogP contribution in [0.15, 0.2) is 65.2 Å². The molecule has 5 aromatic rings. The number of methoxy groups -OCH3 is 1. The van der Waals surface area contributed by atoms with Crippen LogP contribution < -0.4 is 15.8 Å². The summed E-state index contributed by atoms with van der Waals surface area (Å²) in [5, 5.41) is 2.45. The first kappa shape index (κ1) is 32.8. The van der Waals surface area contributed by atoms with Crippen molar-refractivity contribution in [1.29, 1.82) is 0 Å². The van der Waals surface area contributed by atoms with Gasteiger partial charge in [0, 0.05) is 43.5 Å². The number of hydrogen-bond acceptors (Lipinski definition) is 7. The molecule has 4 N–H and O–H groups in total. The lowest BCUT2D eigenvalue weighted by atomic mass is 10.0. The standard InChI is InChI=1S/C34H27F4N5O6/c1-48-22-10-8-19(21-9-7-18(49-21)15-41-32(45)24-25(35)27(37)29(39)28(38)26(24)36)30-23(22)20(16-40-30)31(44)34(47)43-13-11-42(12-14-43)33(46)17-5-3-2-4-6-17/h2-10,16,40H,11-15,39H2,1H3,(H,41,45). The van der Waals surface area contributed by atoms with Gasteiger partial charge in [-0.25, -0.2) is 17.6 Å². The van der Waals surface area contributed by atoms with E-state index in [-0.39, 0.29) is 49.2 Å². The van der Waals surface area contributed by atoms with Crippen LogP contribution in [-0.4, -0.2) is 71.6 Å². The van der Waals surface area contributed by atoms with E-state index in [0.29, 0.717) is 27.8 Å². The minimum absolute atomic E-state index is 0.0487. The van der Waals surface area contributed by atoms with Gasteiger partial charge in [-0.05, 0) is 36.4 Å². The number of hydrogen-bond donors (Lipinski definition) is 3. The van der Waals surface area contributed by atoms with Crippen molar-refractivity contribution in [2.75, 3.05) is 39.0 Å². The Morgan fingerprint density at radius 3 is 2.18 bits per heavy atom. The highest BCUT2D eigenvalue weighted by Gasteiger charge is 2.32. The molecular weight excluding hydrogens is 650 g/mol. The van der Waals surface area contributed by atoms with E-state index in [1.165, 1.54) is 30.3 Å². The number of ketones is 1. The van der Waals surface area contributed by atoms with Gasteiger partial charge in [0.05, 0.1) is 30.1 Å². The van der Waals surface area contributed by atoms with Crippen molar-refractivity contribution in [3.05, 3.63) is 107 Å². The lowest BCUT2D eigenvalue weighted by molar-refractivity contribution is -0.127. The van der Waals surface area contributed by atoms with E-state index in [1.54, 1.807) is 41.3 Å². The molecule has 0 saturated carbocycles. The third kappa shape index (κ3) is 5.94. The number of amides is 3. The van der Waals surface area contributed by atoms with Gasteiger partial charge in [-0.2, -0.15) is 0 Å². The van der Waals surface area contributed by atoms with Crippen LogP contribution in [0.25, 0.3) is 22.2 Å². The maximum absolute atomic E-state index is 14.2. The minimum atomic E-state index is -1.94. The molecule has 1 fully saturated rings. The number of furan rings is 1. The lowest BCUT2D eigenvalue weighted by Crippen LogP contribution is -2.52. The number of fused-ring (bicyclic) bond motifs is 1. The third-order valence-electron chi connectivity index (χ3n) is 8.21. The van der Waals surface area contributed by atoms with E-state index in [1.807, 2.05) is 6.07 Å². The zero-order valence-corrected chi connectivity index (χ0v) is 25.7. The van der Waals surface area contributed by atoms with E-state index in [4.69, 9.17) is 14.9 Å². The van der Waals surface area contributed by atoms with E-state index in [2.05, 4.69) is 10.3 Å². The predicted octanol–water partition coefficient (Wildman–Crippen LogP) is 4.67. The molecule has 0 bridgehead atoms. The normalized spacial score (nSPS) is 13.1. The predicted molar refractivity (Wildman–Crippen MR) is 168 cm³/mol. The number of rotatable bonds is 8. The van der Waals surface area contributed by atoms with Crippen LogP contribution >= 0.6 is 0 Å². The SMILES string of the molecule is COc1ccc(-c2ccc(CNC(=O)c3c(F)c(F)c(N)c(F)c3F)o2)c2[nH]cc(C(=O)C(=O)N3CCN(C(=O)c4ccccc4)CC3)c12. The molecule has 6 rings (SSSR count). The van der Waals surface area contributed by atoms with Crippen molar-refractivity contribution in [2.24, 2.45) is 0 Å². The van der Waals surface area contributed by atoms with Crippen molar-refractivity contribution in [1.82, 2.24) is 20.1 Å². The quantitative estimate of drug-likeness (QED) is 0.0710. The van der Waals surface area contributed by atoms with E-state index >= 15 is 0 Å². The average molecular weight is 678 g/mol. The fourth-order valence-electron chi connectivity index (χ4n) is 5.63. The van der Waals surface area contributed by atoms with Crippen molar-refractivity contribution in [3.8, 4) is 17.1 Å². The first-order valence-electron chi connectivity index (χ1n) is 14.9. The first-order valence-corrected chi connectivity index (χ1v) is 14.9. The van der Waals surface area contributed by atoms with Gasteiger partial charge in [0.2, 0.25) is 0 Å². The van der Waals surface area contributed by atoms with Gasteiger partial charge in [-0.1, -0.05) is 18.2 Å². The van der Waals surface area contributed by atoms with Crippen molar-refractivity contribution in [2.45, 2.75) is 6.54 Å². The number of ether oxygens (including phenoxy) is 1. The van der Waals surface area contributed by atoms with Gasteiger partial charge in [0.15, 0.2) is 23.3 Å². The number of aromatic nitrogens is 1. The Morgan fingerprint density at radius 2 is 1.53 bits per heavy atom. The van der Waals surface area contributed by atoms with Crippen LogP contribution in [0.3, 0.4) is 0 Å². The highest BCUT2D eigenvalue weighted by Crippen LogP contribution is 2.37. The number of nitrogen functional groups attached to an aromatic ring is 1. The number of aromatic amines is 1. The Balaban J connectivity index is 1.18. The molecule has 252 valence electrons. The molecule has 11 nitrogen and oxygen atoms in total. The summed E-state index contributed by atoms with van der Waals surface area (Å²) in [6.45, 7) is 0.431. The Morgan fingerprint density at radius 1 is 0.878 bits per heavy atom. The monoisotopic (exact) mass is 677 g/mol. The lowest BCUT2D eigenvalue weighted by Gasteiger charge is -2.34. The van der Waals surface area contributed by atoms with Gasteiger partial charge in [-0.15, -0.1) is 0 Å². The van der Waals surface area contributed by atoms with Crippen LogP contribution in [-0.2, 0) is 11.3 Å². The number of nitrogens with two attached hydrogens (primary N) is 1. The van der Waals surface area contributed by atoms with Gasteiger partial charge in [0.1, 0.15) is 28.5 Å². The van der Waals surface area contributed by atoms with Crippen molar-refractivity contribution >= 4 is 40.1 Å². The van der Waals surface area contributed by atoms with Gasteiger partial charge in [0.25, 0.3) is 23.5 Å². The number of anilines is 1. The Hall–Kier alpha value is -6.12. The summed E-state index contributed by atoms with van der Waals surface area (Å²) in [5.74, 6) is -10.2. The molecule has 15 heteroatoms. The summed E-state index contributed by atoms with van der Waals surface area (Å²) in [4.78, 5) is 58.1. The fraction of sp³-hybridized carbons (Fsp3) is 0.176. The second kappa shape index (κ2) is 13.2. The maximum Gasteiger partial charge on any atom is 0.295 e. The molecule has 1 aliphatic heterocycles. The minimum Gasteiger partial charge on any atom is -0.496 e. The molecule has 0 unspecified atom stereocenters. The van der Waals surface area contributed by atoms with Crippen LogP contribution in [0.5, 0.6) is 5.75 Å². The summed E-state index contributed by atoms with van der Waals surface area (Å²) in [5.41, 5.74) is 3.53. The molecule has 1 aliphatic rings. The zero-order valence-electron chi connectivity index (χ0n) is 25.7. The topological polar surface area (TPSA) is 151 Å². The Bertz CT molecular complexity index is 2090. The number of halogens is 4. The number of carbonyl (C=O) groups is 4. The van der Waals surface area contributed by atoms with E-state index in [9.17, 15) is 36.7 Å². The molecule has 0 spiro atoms. The zero-order chi connectivity index (χ0) is 35.0. The van der Waals surface area contributed by atoms with Crippen LogP contribution in [0.2, 0.25) is 0 Å². The molecule has 1 saturated heterocycles. The number of nitrogens with one attached hydrogen (secondary N) is 2. The highest BCUT2D eigenvalue weighted by atomic mass is 19.2. The summed E-state index contributed by atoms with van der Waals surface area (Å²) in [7, 11) is 1.40. The van der Waals surface area contributed by atoms with Crippen LogP contribution in [0.1, 0.15) is 36.8 Å².